The molecule has 2 unspecified atom stereocenters. The largest absolute Gasteiger partial charge is 0.446 e. The number of nitrogens with one attached hydrogen (secondary N) is 2. The van der Waals surface area contributed by atoms with Crippen LogP contribution >= 0.6 is 0 Å². The van der Waals surface area contributed by atoms with Gasteiger partial charge in [0.2, 0.25) is 5.91 Å². The van der Waals surface area contributed by atoms with E-state index in [1.165, 1.54) is 0 Å². The maximum absolute atomic E-state index is 13.8. The molecule has 2 heterocycles. The standard InChI is InChI=1S/C25H28N2O4/c1-24(2,3)23(30)31-21-14-25(15-26-21,13-16-7-5-4-6-8-16)22(29)17-9-10-19-18(11-17)12-20(28)27-19/h4-11,21,26H,12-15H2,1-3H3,(H,27,28). The van der Waals surface area contributed by atoms with Crippen LogP contribution in [0.5, 0.6) is 0 Å². The van der Waals surface area contributed by atoms with Crippen molar-refractivity contribution in [1.29, 1.82) is 0 Å². The van der Waals surface area contributed by atoms with E-state index in [0.717, 1.165) is 16.8 Å². The lowest BCUT2D eigenvalue weighted by molar-refractivity contribution is -0.159. The highest BCUT2D eigenvalue weighted by Gasteiger charge is 2.47. The Morgan fingerprint density at radius 2 is 1.87 bits per heavy atom. The summed E-state index contributed by atoms with van der Waals surface area (Å²) in [5.41, 5.74) is 1.88. The number of anilines is 1. The summed E-state index contributed by atoms with van der Waals surface area (Å²) < 4.78 is 5.69. The number of fused-ring (bicyclic) bond motifs is 1. The fourth-order valence-electron chi connectivity index (χ4n) is 4.25. The van der Waals surface area contributed by atoms with E-state index in [0.29, 0.717) is 24.9 Å². The molecule has 2 aromatic rings. The van der Waals surface area contributed by atoms with Gasteiger partial charge >= 0.3 is 5.97 Å². The van der Waals surface area contributed by atoms with Gasteiger partial charge in [-0.2, -0.15) is 0 Å². The van der Waals surface area contributed by atoms with E-state index in [2.05, 4.69) is 10.6 Å². The van der Waals surface area contributed by atoms with Crippen molar-refractivity contribution in [3.05, 3.63) is 65.2 Å². The zero-order valence-corrected chi connectivity index (χ0v) is 18.2. The molecule has 4 rings (SSSR count). The Balaban J connectivity index is 1.62. The molecule has 31 heavy (non-hydrogen) atoms. The monoisotopic (exact) mass is 420 g/mol. The van der Waals surface area contributed by atoms with Gasteiger partial charge in [0, 0.05) is 24.2 Å². The van der Waals surface area contributed by atoms with Crippen molar-refractivity contribution in [1.82, 2.24) is 5.32 Å². The third kappa shape index (κ3) is 4.39. The highest BCUT2D eigenvalue weighted by molar-refractivity contribution is 6.04. The second-order valence-corrected chi connectivity index (χ2v) is 9.60. The van der Waals surface area contributed by atoms with E-state index in [-0.39, 0.29) is 24.1 Å². The molecule has 0 saturated carbocycles. The summed E-state index contributed by atoms with van der Waals surface area (Å²) in [7, 11) is 0. The van der Waals surface area contributed by atoms with Gasteiger partial charge in [0.15, 0.2) is 12.0 Å². The fourth-order valence-corrected chi connectivity index (χ4v) is 4.25. The van der Waals surface area contributed by atoms with E-state index in [1.54, 1.807) is 12.1 Å². The molecule has 6 nitrogen and oxygen atoms in total. The predicted octanol–water partition coefficient (Wildman–Crippen LogP) is 3.50. The zero-order valence-electron chi connectivity index (χ0n) is 18.2. The van der Waals surface area contributed by atoms with E-state index >= 15 is 0 Å². The first-order valence-electron chi connectivity index (χ1n) is 10.6. The number of ketones is 1. The van der Waals surface area contributed by atoms with Gasteiger partial charge in [-0.1, -0.05) is 30.3 Å². The highest BCUT2D eigenvalue weighted by atomic mass is 16.6. The average Bonchev–Trinajstić information content (AvgIpc) is 3.29. The molecule has 0 aromatic heterocycles. The molecule has 2 aliphatic heterocycles. The third-order valence-electron chi connectivity index (χ3n) is 5.97. The Morgan fingerprint density at radius 3 is 2.58 bits per heavy atom. The first-order chi connectivity index (χ1) is 14.7. The van der Waals surface area contributed by atoms with Crippen LogP contribution < -0.4 is 10.6 Å². The Labute approximate surface area is 182 Å². The van der Waals surface area contributed by atoms with Gasteiger partial charge < -0.3 is 10.1 Å². The van der Waals surface area contributed by atoms with E-state index in [4.69, 9.17) is 4.74 Å². The van der Waals surface area contributed by atoms with Crippen LogP contribution in [0, 0.1) is 10.8 Å². The number of carbonyl (C=O) groups is 3. The van der Waals surface area contributed by atoms with Crippen molar-refractivity contribution in [2.45, 2.75) is 46.3 Å². The summed E-state index contributed by atoms with van der Waals surface area (Å²) in [5, 5.41) is 6.06. The quantitative estimate of drug-likeness (QED) is 0.571. The molecule has 1 amide bonds. The summed E-state index contributed by atoms with van der Waals surface area (Å²) >= 11 is 0. The van der Waals surface area contributed by atoms with Crippen LogP contribution in [0.25, 0.3) is 0 Å². The molecular weight excluding hydrogens is 392 g/mol. The van der Waals surface area contributed by atoms with Crippen LogP contribution in [0.15, 0.2) is 48.5 Å². The number of hydrogen-bond acceptors (Lipinski definition) is 5. The van der Waals surface area contributed by atoms with Crippen molar-refractivity contribution >= 4 is 23.3 Å². The van der Waals surface area contributed by atoms with Crippen LogP contribution in [-0.4, -0.2) is 30.4 Å². The molecule has 0 bridgehead atoms. The van der Waals surface area contributed by atoms with Crippen molar-refractivity contribution in [3.63, 3.8) is 0 Å². The van der Waals surface area contributed by atoms with Crippen LogP contribution in [0.1, 0.15) is 48.7 Å². The zero-order chi connectivity index (χ0) is 22.2. The lowest BCUT2D eigenvalue weighted by Crippen LogP contribution is -2.36. The van der Waals surface area contributed by atoms with E-state index in [1.807, 2.05) is 57.2 Å². The number of hydrogen-bond donors (Lipinski definition) is 2. The van der Waals surface area contributed by atoms with E-state index < -0.39 is 17.1 Å². The molecule has 0 radical (unpaired) electrons. The molecule has 1 saturated heterocycles. The number of rotatable bonds is 5. The average molecular weight is 421 g/mol. The van der Waals surface area contributed by atoms with Crippen LogP contribution in [0.3, 0.4) is 0 Å². The Morgan fingerprint density at radius 1 is 1.13 bits per heavy atom. The minimum Gasteiger partial charge on any atom is -0.446 e. The molecule has 6 heteroatoms. The molecule has 0 aliphatic carbocycles. The van der Waals surface area contributed by atoms with Gasteiger partial charge in [0.05, 0.1) is 17.3 Å². The van der Waals surface area contributed by atoms with Gasteiger partial charge in [-0.15, -0.1) is 0 Å². The van der Waals surface area contributed by atoms with Crippen LogP contribution in [0.2, 0.25) is 0 Å². The highest BCUT2D eigenvalue weighted by Crippen LogP contribution is 2.38. The Hall–Kier alpha value is -2.99. The molecule has 2 N–H and O–H groups in total. The van der Waals surface area contributed by atoms with Crippen molar-refractivity contribution in [2.24, 2.45) is 10.8 Å². The number of Topliss-reactive ketones (excluding diaryl/α,β-unsaturated/α-hetero) is 1. The predicted molar refractivity (Wildman–Crippen MR) is 118 cm³/mol. The number of amides is 1. The van der Waals surface area contributed by atoms with Gasteiger partial charge in [-0.05, 0) is 56.5 Å². The molecule has 2 atom stereocenters. The lowest BCUT2D eigenvalue weighted by atomic mass is 9.74. The SMILES string of the molecule is CC(C)(C)C(=O)OC1CC(Cc2ccccc2)(C(=O)c2ccc3c(c2)CC(=O)N3)CN1. The molecule has 2 aliphatic rings. The molecule has 0 spiro atoms. The maximum Gasteiger partial charge on any atom is 0.312 e. The summed E-state index contributed by atoms with van der Waals surface area (Å²) in [4.78, 5) is 37.9. The third-order valence-corrected chi connectivity index (χ3v) is 5.97. The van der Waals surface area contributed by atoms with Crippen molar-refractivity contribution in [3.8, 4) is 0 Å². The normalized spacial score (nSPS) is 22.7. The summed E-state index contributed by atoms with van der Waals surface area (Å²) in [6.07, 6.45) is 0.706. The lowest BCUT2D eigenvalue weighted by Gasteiger charge is -2.28. The molecular formula is C25H28N2O4. The summed E-state index contributed by atoms with van der Waals surface area (Å²) in [6, 6.07) is 15.3. The number of esters is 1. The van der Waals surface area contributed by atoms with Gasteiger partial charge in [-0.25, -0.2) is 0 Å². The minimum atomic E-state index is -0.742. The van der Waals surface area contributed by atoms with Crippen molar-refractivity contribution in [2.75, 3.05) is 11.9 Å². The maximum atomic E-state index is 13.8. The van der Waals surface area contributed by atoms with E-state index in [9.17, 15) is 14.4 Å². The van der Waals surface area contributed by atoms with Gasteiger partial charge in [0.1, 0.15) is 0 Å². The van der Waals surface area contributed by atoms with Gasteiger partial charge in [0.25, 0.3) is 0 Å². The first-order valence-corrected chi connectivity index (χ1v) is 10.6. The second-order valence-electron chi connectivity index (χ2n) is 9.60. The Kier molecular flexibility index (Phi) is 5.43. The minimum absolute atomic E-state index is 0.000287. The fraction of sp³-hybridized carbons (Fsp3) is 0.400. The Bertz CT molecular complexity index is 1030. The van der Waals surface area contributed by atoms with Crippen LogP contribution in [0.4, 0.5) is 5.69 Å². The smallest absolute Gasteiger partial charge is 0.312 e. The van der Waals surface area contributed by atoms with Crippen LogP contribution in [-0.2, 0) is 27.2 Å². The topological polar surface area (TPSA) is 84.5 Å². The first kappa shape index (κ1) is 21.2. The number of carbonyl (C=O) groups excluding carboxylic acids is 3. The molecule has 1 fully saturated rings. The number of benzene rings is 2. The summed E-state index contributed by atoms with van der Waals surface area (Å²) in [6.45, 7) is 5.85. The molecule has 2 aromatic carbocycles. The van der Waals surface area contributed by atoms with Crippen molar-refractivity contribution < 1.29 is 19.1 Å². The van der Waals surface area contributed by atoms with Gasteiger partial charge in [-0.3, -0.25) is 19.7 Å². The second kappa shape index (κ2) is 7.93. The molecule has 162 valence electrons. The summed E-state index contributed by atoms with van der Waals surface area (Å²) in [5.74, 6) is -0.356. The number of ether oxygens (including phenoxy) is 1.